The highest BCUT2D eigenvalue weighted by molar-refractivity contribution is 7.32. The summed E-state index contributed by atoms with van der Waals surface area (Å²) in [6.07, 6.45) is 4.81. The minimum absolute atomic E-state index is 0.272. The molecule has 1 unspecified atom stereocenters. The topological polar surface area (TPSA) is 46.5 Å². The molecule has 0 saturated heterocycles. The average molecular weight is 414 g/mol. The monoisotopic (exact) mass is 413 g/mol. The summed E-state index contributed by atoms with van der Waals surface area (Å²) in [7, 11) is -2.35. The third-order valence-corrected chi connectivity index (χ3v) is 6.21. The molecule has 0 aliphatic heterocycles. The summed E-state index contributed by atoms with van der Waals surface area (Å²) in [5.41, 5.74) is 7.57. The van der Waals surface area contributed by atoms with Crippen LogP contribution >= 0.6 is 8.25 Å². The van der Waals surface area contributed by atoms with E-state index in [2.05, 4.69) is 93.7 Å². The number of fused-ring (bicyclic) bond motifs is 1. The number of allylic oxidation sites excluding steroid dienone is 1. The summed E-state index contributed by atoms with van der Waals surface area (Å²) in [5.74, 6) is 0. The van der Waals surface area contributed by atoms with Crippen molar-refractivity contribution in [3.63, 3.8) is 0 Å². The predicted octanol–water partition coefficient (Wildman–Crippen LogP) is 7.27. The van der Waals surface area contributed by atoms with Gasteiger partial charge in [0.05, 0.1) is 0 Å². The lowest BCUT2D eigenvalue weighted by atomic mass is 9.63. The summed E-state index contributed by atoms with van der Waals surface area (Å²) < 4.78 is 13.6. The van der Waals surface area contributed by atoms with Gasteiger partial charge in [0.25, 0.3) is 0 Å². The van der Waals surface area contributed by atoms with Crippen LogP contribution in [0.15, 0.2) is 48.5 Å². The van der Waals surface area contributed by atoms with Gasteiger partial charge in [0.15, 0.2) is 0 Å². The Bertz CT molecular complexity index is 867. The number of rotatable bonds is 4. The summed E-state index contributed by atoms with van der Waals surface area (Å²) >= 11 is 0. The predicted molar refractivity (Wildman–Crippen MR) is 123 cm³/mol. The molecular weight excluding hydrogens is 379 g/mol. The first-order valence-electron chi connectivity index (χ1n) is 10.2. The van der Waals surface area contributed by atoms with Gasteiger partial charge >= 0.3 is 8.25 Å². The van der Waals surface area contributed by atoms with E-state index in [4.69, 9.17) is 4.89 Å². The van der Waals surface area contributed by atoms with E-state index in [0.717, 1.165) is 0 Å². The first kappa shape index (κ1) is 23.5. The summed E-state index contributed by atoms with van der Waals surface area (Å²) in [4.78, 5) is 7.84. The van der Waals surface area contributed by atoms with E-state index in [1.54, 1.807) is 6.92 Å². The first-order valence-corrected chi connectivity index (χ1v) is 11.4. The van der Waals surface area contributed by atoms with Crippen molar-refractivity contribution in [1.82, 2.24) is 0 Å². The molecule has 2 aromatic rings. The molecule has 0 heterocycles. The van der Waals surface area contributed by atoms with Crippen LogP contribution in [0.25, 0.3) is 11.6 Å². The van der Waals surface area contributed by atoms with E-state index < -0.39 is 8.25 Å². The van der Waals surface area contributed by atoms with Crippen LogP contribution in [0, 0.1) is 0 Å². The minimum atomic E-state index is -2.35. The van der Waals surface area contributed by atoms with Crippen LogP contribution in [-0.4, -0.2) is 11.5 Å². The van der Waals surface area contributed by atoms with Gasteiger partial charge in [0.1, 0.15) is 6.61 Å². The second-order valence-corrected chi connectivity index (χ2v) is 9.66. The van der Waals surface area contributed by atoms with Gasteiger partial charge in [-0.2, -0.15) is 0 Å². The first-order chi connectivity index (χ1) is 13.6. The van der Waals surface area contributed by atoms with E-state index >= 15 is 0 Å². The lowest BCUT2D eigenvalue weighted by Gasteiger charge is -2.42. The van der Waals surface area contributed by atoms with Crippen molar-refractivity contribution in [3.8, 4) is 0 Å². The van der Waals surface area contributed by atoms with Crippen molar-refractivity contribution in [2.45, 2.75) is 65.2 Å². The molecule has 1 aliphatic rings. The molecule has 0 saturated carbocycles. The molecule has 3 rings (SSSR count). The van der Waals surface area contributed by atoms with Crippen molar-refractivity contribution in [3.05, 3.63) is 70.8 Å². The summed E-state index contributed by atoms with van der Waals surface area (Å²) in [6.45, 7) is 13.7. The normalized spacial score (nSPS) is 17.6. The van der Waals surface area contributed by atoms with Crippen molar-refractivity contribution in [2.75, 3.05) is 6.61 Å². The van der Waals surface area contributed by atoms with E-state index in [0.29, 0.717) is 12.0 Å². The molecule has 1 atom stereocenters. The fourth-order valence-electron chi connectivity index (χ4n) is 3.83. The molecule has 1 N–H and O–H groups in total. The Morgan fingerprint density at radius 1 is 1.03 bits per heavy atom. The van der Waals surface area contributed by atoms with Gasteiger partial charge in [-0.1, -0.05) is 82.3 Å². The van der Waals surface area contributed by atoms with Crippen molar-refractivity contribution in [2.24, 2.45) is 0 Å². The zero-order valence-electron chi connectivity index (χ0n) is 18.5. The molecule has 0 amide bonds. The Labute approximate surface area is 176 Å². The second kappa shape index (κ2) is 9.80. The Morgan fingerprint density at radius 2 is 1.62 bits per heavy atom. The molecule has 2 aromatic carbocycles. The molecule has 3 nitrogen and oxygen atoms in total. The third kappa shape index (κ3) is 6.34. The van der Waals surface area contributed by atoms with Gasteiger partial charge in [0.2, 0.25) is 0 Å². The van der Waals surface area contributed by atoms with Gasteiger partial charge in [-0.15, -0.1) is 9.42 Å². The number of hydrogen-bond donors (Lipinski definition) is 1. The summed E-state index contributed by atoms with van der Waals surface area (Å²) in [5, 5.41) is 0. The average Bonchev–Trinajstić information content (AvgIpc) is 2.66. The zero-order chi connectivity index (χ0) is 21.7. The van der Waals surface area contributed by atoms with E-state index in [1.807, 2.05) is 0 Å². The molecule has 0 fully saturated rings. The van der Waals surface area contributed by atoms with Gasteiger partial charge < -0.3 is 0 Å². The van der Waals surface area contributed by atoms with Crippen LogP contribution in [0.2, 0.25) is 0 Å². The number of hydrogen-bond acceptors (Lipinski definition) is 2. The minimum Gasteiger partial charge on any atom is -0.133 e. The highest BCUT2D eigenvalue weighted by Gasteiger charge is 2.36. The maximum atomic E-state index is 9.53. The van der Waals surface area contributed by atoms with Crippen LogP contribution in [0.3, 0.4) is 0 Å². The molecule has 0 aromatic heterocycles. The molecular formula is C25H34O3P+. The molecule has 156 valence electrons. The van der Waals surface area contributed by atoms with Crippen LogP contribution in [-0.2, 0) is 19.9 Å². The fraction of sp³-hybridized carbons (Fsp3) is 0.440. The van der Waals surface area contributed by atoms with Crippen LogP contribution in [0.4, 0.5) is 0 Å². The summed E-state index contributed by atoms with van der Waals surface area (Å²) in [6, 6.07) is 17.7. The van der Waals surface area contributed by atoms with Crippen LogP contribution in [0.5, 0.6) is 0 Å². The Hall–Kier alpha value is -1.80. The van der Waals surface area contributed by atoms with Gasteiger partial charge in [0, 0.05) is 4.57 Å². The van der Waals surface area contributed by atoms with Gasteiger partial charge in [-0.3, -0.25) is 0 Å². The molecule has 0 bridgehead atoms. The maximum absolute atomic E-state index is 9.53. The third-order valence-electron chi connectivity index (χ3n) is 5.73. The molecule has 0 radical (unpaired) electrons. The number of benzene rings is 2. The lowest BCUT2D eigenvalue weighted by Crippen LogP contribution is -2.33. The van der Waals surface area contributed by atoms with Gasteiger partial charge in [-0.25, -0.2) is 0 Å². The van der Waals surface area contributed by atoms with Gasteiger partial charge in [-0.05, 0) is 65.3 Å². The van der Waals surface area contributed by atoms with E-state index in [1.165, 1.54) is 40.7 Å². The van der Waals surface area contributed by atoms with Crippen molar-refractivity contribution < 1.29 is 14.0 Å². The lowest BCUT2D eigenvalue weighted by molar-refractivity contribution is 0.297. The van der Waals surface area contributed by atoms with Crippen LogP contribution < -0.4 is 0 Å². The molecule has 0 spiro atoms. The highest BCUT2D eigenvalue weighted by atomic mass is 31.1. The Kier molecular flexibility index (Phi) is 7.94. The second-order valence-electron chi connectivity index (χ2n) is 8.92. The smallest absolute Gasteiger partial charge is 0.133 e. The fourth-order valence-corrected chi connectivity index (χ4v) is 4.05. The van der Waals surface area contributed by atoms with E-state index in [9.17, 15) is 4.57 Å². The van der Waals surface area contributed by atoms with E-state index in [-0.39, 0.29) is 5.41 Å². The SMILES string of the molecule is C/C(=C\c1ccccc1)c1ccc2c(c1)C(C)(C)CCC2(C)C.CCO[P+](=O)O. The standard InChI is InChI=1S/C23H28.C2H5O3P/c1-17(15-18-9-7-6-8-10-18)19-11-12-20-21(16-19)23(4,5)14-13-22(20,2)3;1-2-5-6(3)4/h6-12,15-16H,13-14H2,1-5H3;2H2,1H3/p+1/b17-15+;. The van der Waals surface area contributed by atoms with Crippen LogP contribution in [0.1, 0.15) is 76.6 Å². The zero-order valence-corrected chi connectivity index (χ0v) is 19.4. The Morgan fingerprint density at radius 3 is 2.14 bits per heavy atom. The highest BCUT2D eigenvalue weighted by Crippen LogP contribution is 2.46. The molecule has 1 aliphatic carbocycles. The molecule has 29 heavy (non-hydrogen) atoms. The Balaban J connectivity index is 0.000000438. The van der Waals surface area contributed by atoms with Crippen molar-refractivity contribution >= 4 is 19.9 Å². The molecule has 4 heteroatoms. The maximum Gasteiger partial charge on any atom is 0.694 e. The largest absolute Gasteiger partial charge is 0.694 e. The quantitative estimate of drug-likeness (QED) is 0.423. The van der Waals surface area contributed by atoms with Crippen molar-refractivity contribution in [1.29, 1.82) is 0 Å².